The Bertz CT molecular complexity index is 388. The van der Waals surface area contributed by atoms with E-state index in [0.717, 1.165) is 28.9 Å². The highest BCUT2D eigenvalue weighted by atomic mass is 16.5. The number of aryl methyl sites for hydroxylation is 1. The average molecular weight is 207 g/mol. The second-order valence-corrected chi connectivity index (χ2v) is 4.17. The normalized spacial score (nSPS) is 15.9. The molecule has 0 spiro atoms. The van der Waals surface area contributed by atoms with E-state index in [1.165, 1.54) is 0 Å². The van der Waals surface area contributed by atoms with Crippen molar-refractivity contribution in [3.05, 3.63) is 22.8 Å². The van der Waals surface area contributed by atoms with Gasteiger partial charge in [-0.25, -0.2) is 0 Å². The smallest absolute Gasteiger partial charge is 0.123 e. The standard InChI is InChI=1S/C12H17NO2/c1-7-5-10-9(3-4-15-10)11(12(7)14)8(2)6-13/h5,8,14H,3-4,6,13H2,1-2H3. The van der Waals surface area contributed by atoms with E-state index in [1.54, 1.807) is 0 Å². The number of phenolic OH excluding ortho intramolecular Hbond substituents is 1. The minimum Gasteiger partial charge on any atom is -0.507 e. The fourth-order valence-electron chi connectivity index (χ4n) is 2.14. The third-order valence-electron chi connectivity index (χ3n) is 3.05. The Kier molecular flexibility index (Phi) is 2.57. The molecule has 3 N–H and O–H groups in total. The molecule has 3 heteroatoms. The first-order valence-corrected chi connectivity index (χ1v) is 5.33. The molecule has 3 nitrogen and oxygen atoms in total. The molecule has 0 amide bonds. The molecule has 1 aromatic rings. The second kappa shape index (κ2) is 3.74. The number of aromatic hydroxyl groups is 1. The fourth-order valence-corrected chi connectivity index (χ4v) is 2.14. The van der Waals surface area contributed by atoms with Gasteiger partial charge < -0.3 is 15.6 Å². The monoisotopic (exact) mass is 207 g/mol. The molecule has 0 aliphatic carbocycles. The van der Waals surface area contributed by atoms with E-state index >= 15 is 0 Å². The van der Waals surface area contributed by atoms with E-state index < -0.39 is 0 Å². The van der Waals surface area contributed by atoms with Gasteiger partial charge in [-0.3, -0.25) is 0 Å². The van der Waals surface area contributed by atoms with E-state index in [4.69, 9.17) is 10.5 Å². The van der Waals surface area contributed by atoms with Crippen LogP contribution in [0, 0.1) is 6.92 Å². The molecule has 15 heavy (non-hydrogen) atoms. The lowest BCUT2D eigenvalue weighted by atomic mass is 9.91. The van der Waals surface area contributed by atoms with Crippen LogP contribution in [-0.4, -0.2) is 18.3 Å². The number of fused-ring (bicyclic) bond motifs is 1. The molecule has 1 aliphatic rings. The highest BCUT2D eigenvalue weighted by molar-refractivity contribution is 5.55. The number of nitrogens with two attached hydrogens (primary N) is 1. The van der Waals surface area contributed by atoms with Crippen molar-refractivity contribution in [2.24, 2.45) is 5.73 Å². The molecular formula is C12H17NO2. The highest BCUT2D eigenvalue weighted by Crippen LogP contribution is 2.40. The van der Waals surface area contributed by atoms with E-state index in [9.17, 15) is 5.11 Å². The predicted octanol–water partition coefficient (Wildman–Crippen LogP) is 1.70. The number of hydrogen-bond acceptors (Lipinski definition) is 3. The molecular weight excluding hydrogens is 190 g/mol. The van der Waals surface area contributed by atoms with Crippen molar-refractivity contribution in [3.63, 3.8) is 0 Å². The Morgan fingerprint density at radius 1 is 1.60 bits per heavy atom. The molecule has 0 bridgehead atoms. The summed E-state index contributed by atoms with van der Waals surface area (Å²) < 4.78 is 5.52. The average Bonchev–Trinajstić information content (AvgIpc) is 2.66. The molecule has 0 saturated heterocycles. The van der Waals surface area contributed by atoms with E-state index in [0.29, 0.717) is 18.9 Å². The van der Waals surface area contributed by atoms with Gasteiger partial charge in [-0.15, -0.1) is 0 Å². The summed E-state index contributed by atoms with van der Waals surface area (Å²) in [5.74, 6) is 1.48. The summed E-state index contributed by atoms with van der Waals surface area (Å²) in [6.45, 7) is 5.18. The maximum atomic E-state index is 10.1. The van der Waals surface area contributed by atoms with Crippen LogP contribution in [0.2, 0.25) is 0 Å². The first-order valence-electron chi connectivity index (χ1n) is 5.33. The van der Waals surface area contributed by atoms with Crippen LogP contribution in [0.1, 0.15) is 29.5 Å². The molecule has 1 atom stereocenters. The summed E-state index contributed by atoms with van der Waals surface area (Å²) >= 11 is 0. The Morgan fingerprint density at radius 2 is 2.33 bits per heavy atom. The lowest BCUT2D eigenvalue weighted by molar-refractivity contribution is 0.356. The summed E-state index contributed by atoms with van der Waals surface area (Å²) in [5, 5.41) is 10.1. The molecule has 1 aliphatic heterocycles. The van der Waals surface area contributed by atoms with Gasteiger partial charge in [-0.05, 0) is 31.0 Å². The first kappa shape index (κ1) is 10.3. The Balaban J connectivity index is 2.60. The van der Waals surface area contributed by atoms with Crippen molar-refractivity contribution >= 4 is 0 Å². The van der Waals surface area contributed by atoms with Crippen LogP contribution in [-0.2, 0) is 6.42 Å². The highest BCUT2D eigenvalue weighted by Gasteiger charge is 2.23. The van der Waals surface area contributed by atoms with Crippen molar-refractivity contribution in [3.8, 4) is 11.5 Å². The summed E-state index contributed by atoms with van der Waals surface area (Å²) in [7, 11) is 0. The van der Waals surface area contributed by atoms with Crippen LogP contribution in [0.4, 0.5) is 0 Å². The number of phenols is 1. The van der Waals surface area contributed by atoms with Crippen molar-refractivity contribution in [2.75, 3.05) is 13.2 Å². The SMILES string of the molecule is Cc1cc2c(c(C(C)CN)c1O)CCO2. The number of ether oxygens (including phenoxy) is 1. The van der Waals surface area contributed by atoms with Crippen molar-refractivity contribution < 1.29 is 9.84 Å². The van der Waals surface area contributed by atoms with Gasteiger partial charge in [0.1, 0.15) is 11.5 Å². The van der Waals surface area contributed by atoms with Crippen molar-refractivity contribution in [1.29, 1.82) is 0 Å². The summed E-state index contributed by atoms with van der Waals surface area (Å²) in [4.78, 5) is 0. The molecule has 2 rings (SSSR count). The number of hydrogen-bond donors (Lipinski definition) is 2. The van der Waals surface area contributed by atoms with Gasteiger partial charge in [-0.2, -0.15) is 0 Å². The maximum Gasteiger partial charge on any atom is 0.123 e. The topological polar surface area (TPSA) is 55.5 Å². The Hall–Kier alpha value is -1.22. The fraction of sp³-hybridized carbons (Fsp3) is 0.500. The predicted molar refractivity (Wildman–Crippen MR) is 59.5 cm³/mol. The minimum absolute atomic E-state index is 0.181. The number of benzene rings is 1. The quantitative estimate of drug-likeness (QED) is 0.776. The van der Waals surface area contributed by atoms with Crippen molar-refractivity contribution in [1.82, 2.24) is 0 Å². The first-order chi connectivity index (χ1) is 7.15. The van der Waals surface area contributed by atoms with Crippen LogP contribution in [0.15, 0.2) is 6.07 Å². The Morgan fingerprint density at radius 3 is 3.00 bits per heavy atom. The van der Waals surface area contributed by atoms with Gasteiger partial charge in [0.2, 0.25) is 0 Å². The second-order valence-electron chi connectivity index (χ2n) is 4.17. The van der Waals surface area contributed by atoms with Gasteiger partial charge in [-0.1, -0.05) is 6.92 Å². The van der Waals surface area contributed by atoms with Gasteiger partial charge in [0.05, 0.1) is 6.61 Å². The molecule has 1 unspecified atom stereocenters. The summed E-state index contributed by atoms with van der Waals surface area (Å²) in [5.41, 5.74) is 8.64. The molecule has 82 valence electrons. The third-order valence-corrected chi connectivity index (χ3v) is 3.05. The van der Waals surface area contributed by atoms with Gasteiger partial charge >= 0.3 is 0 Å². The van der Waals surface area contributed by atoms with Crippen LogP contribution in [0.3, 0.4) is 0 Å². The number of rotatable bonds is 2. The zero-order valence-corrected chi connectivity index (χ0v) is 9.21. The summed E-state index contributed by atoms with van der Waals surface area (Å²) in [6.07, 6.45) is 0.878. The maximum absolute atomic E-state index is 10.1. The van der Waals surface area contributed by atoms with Crippen LogP contribution < -0.4 is 10.5 Å². The van der Waals surface area contributed by atoms with Crippen molar-refractivity contribution in [2.45, 2.75) is 26.2 Å². The van der Waals surface area contributed by atoms with Gasteiger partial charge in [0.25, 0.3) is 0 Å². The van der Waals surface area contributed by atoms with Crippen LogP contribution >= 0.6 is 0 Å². The molecule has 0 fully saturated rings. The molecule has 0 saturated carbocycles. The van der Waals surface area contributed by atoms with Crippen LogP contribution in [0.25, 0.3) is 0 Å². The largest absolute Gasteiger partial charge is 0.507 e. The molecule has 1 heterocycles. The molecule has 0 aromatic heterocycles. The zero-order chi connectivity index (χ0) is 11.0. The summed E-state index contributed by atoms with van der Waals surface area (Å²) in [6, 6.07) is 1.91. The van der Waals surface area contributed by atoms with E-state index in [2.05, 4.69) is 0 Å². The van der Waals surface area contributed by atoms with Crippen LogP contribution in [0.5, 0.6) is 11.5 Å². The van der Waals surface area contributed by atoms with Gasteiger partial charge in [0.15, 0.2) is 0 Å². The Labute approximate surface area is 89.9 Å². The lowest BCUT2D eigenvalue weighted by Crippen LogP contribution is -2.11. The molecule has 0 radical (unpaired) electrons. The third kappa shape index (κ3) is 1.57. The molecule has 1 aromatic carbocycles. The zero-order valence-electron chi connectivity index (χ0n) is 9.21. The van der Waals surface area contributed by atoms with E-state index in [1.807, 2.05) is 19.9 Å². The minimum atomic E-state index is 0.181. The lowest BCUT2D eigenvalue weighted by Gasteiger charge is -2.16. The van der Waals surface area contributed by atoms with E-state index in [-0.39, 0.29) is 5.92 Å². The van der Waals surface area contributed by atoms with Gasteiger partial charge in [0, 0.05) is 17.5 Å².